The fraction of sp³-hybridized carbons (Fsp3) is 0.429. The molecule has 5 nitrogen and oxygen atoms in total. The fourth-order valence-electron chi connectivity index (χ4n) is 2.12. The standard InChI is InChI=1S/C14H17ClN2O3/c15-10-4-1-3-9(7-10)11-8-12(11)13(18)20-6-2-5-17-14(16)19/h1,3-4,7,11-12H,2,5-6,8H2,(H3,16,17,19)/t11-,12+/m0/s1. The summed E-state index contributed by atoms with van der Waals surface area (Å²) in [6.07, 6.45) is 1.36. The van der Waals surface area contributed by atoms with Crippen LogP contribution in [0, 0.1) is 5.92 Å². The molecule has 2 atom stereocenters. The van der Waals surface area contributed by atoms with Crippen LogP contribution in [0.4, 0.5) is 4.79 Å². The van der Waals surface area contributed by atoms with Gasteiger partial charge < -0.3 is 15.8 Å². The van der Waals surface area contributed by atoms with Crippen molar-refractivity contribution >= 4 is 23.6 Å². The first kappa shape index (κ1) is 14.7. The molecule has 0 saturated heterocycles. The first-order chi connectivity index (χ1) is 9.58. The van der Waals surface area contributed by atoms with E-state index in [2.05, 4.69) is 5.32 Å². The predicted octanol–water partition coefficient (Wildman–Crippen LogP) is 2.05. The first-order valence-electron chi connectivity index (χ1n) is 6.53. The maximum absolute atomic E-state index is 11.8. The van der Waals surface area contributed by atoms with Crippen molar-refractivity contribution in [3.05, 3.63) is 34.9 Å². The molecule has 108 valence electrons. The van der Waals surface area contributed by atoms with E-state index in [1.807, 2.05) is 24.3 Å². The lowest BCUT2D eigenvalue weighted by atomic mass is 10.1. The molecule has 1 aliphatic carbocycles. The van der Waals surface area contributed by atoms with Crippen LogP contribution in [0.5, 0.6) is 0 Å². The highest BCUT2D eigenvalue weighted by molar-refractivity contribution is 6.30. The van der Waals surface area contributed by atoms with Crippen molar-refractivity contribution in [2.45, 2.75) is 18.8 Å². The highest BCUT2D eigenvalue weighted by Crippen LogP contribution is 2.48. The van der Waals surface area contributed by atoms with Crippen LogP contribution in [-0.2, 0) is 9.53 Å². The molecular weight excluding hydrogens is 280 g/mol. The number of carbonyl (C=O) groups excluding carboxylic acids is 2. The normalized spacial score (nSPS) is 20.2. The Balaban J connectivity index is 1.69. The Morgan fingerprint density at radius 2 is 2.25 bits per heavy atom. The molecule has 0 radical (unpaired) electrons. The van der Waals surface area contributed by atoms with E-state index in [1.54, 1.807) is 0 Å². The topological polar surface area (TPSA) is 81.4 Å². The van der Waals surface area contributed by atoms with E-state index >= 15 is 0 Å². The number of amides is 2. The lowest BCUT2D eigenvalue weighted by molar-refractivity contribution is -0.145. The number of benzene rings is 1. The summed E-state index contributed by atoms with van der Waals surface area (Å²) < 4.78 is 5.17. The molecule has 1 saturated carbocycles. The zero-order valence-electron chi connectivity index (χ0n) is 11.0. The monoisotopic (exact) mass is 296 g/mol. The molecule has 6 heteroatoms. The van der Waals surface area contributed by atoms with E-state index in [-0.39, 0.29) is 24.4 Å². The van der Waals surface area contributed by atoms with Crippen LogP contribution in [0.3, 0.4) is 0 Å². The zero-order valence-corrected chi connectivity index (χ0v) is 11.7. The third-order valence-electron chi connectivity index (χ3n) is 3.23. The summed E-state index contributed by atoms with van der Waals surface area (Å²) in [5, 5.41) is 3.12. The number of nitrogens with one attached hydrogen (secondary N) is 1. The maximum Gasteiger partial charge on any atom is 0.312 e. The van der Waals surface area contributed by atoms with Crippen molar-refractivity contribution in [3.63, 3.8) is 0 Å². The van der Waals surface area contributed by atoms with Crippen molar-refractivity contribution in [1.82, 2.24) is 5.32 Å². The van der Waals surface area contributed by atoms with E-state index in [4.69, 9.17) is 22.1 Å². The molecule has 0 aromatic heterocycles. The van der Waals surface area contributed by atoms with Crippen LogP contribution in [0.1, 0.15) is 24.3 Å². The highest BCUT2D eigenvalue weighted by Gasteiger charge is 2.45. The van der Waals surface area contributed by atoms with Crippen LogP contribution < -0.4 is 11.1 Å². The number of primary amides is 1. The van der Waals surface area contributed by atoms with Gasteiger partial charge in [0.25, 0.3) is 0 Å². The fourth-order valence-corrected chi connectivity index (χ4v) is 2.32. The smallest absolute Gasteiger partial charge is 0.312 e. The first-order valence-corrected chi connectivity index (χ1v) is 6.91. The van der Waals surface area contributed by atoms with Gasteiger partial charge in [-0.1, -0.05) is 23.7 Å². The van der Waals surface area contributed by atoms with Gasteiger partial charge in [-0.3, -0.25) is 4.79 Å². The van der Waals surface area contributed by atoms with Crippen molar-refractivity contribution in [2.24, 2.45) is 11.7 Å². The summed E-state index contributed by atoms with van der Waals surface area (Å²) in [4.78, 5) is 22.2. The van der Waals surface area contributed by atoms with Gasteiger partial charge in [0.2, 0.25) is 0 Å². The molecular formula is C14H17ClN2O3. The van der Waals surface area contributed by atoms with Gasteiger partial charge in [-0.15, -0.1) is 0 Å². The van der Waals surface area contributed by atoms with Gasteiger partial charge in [0.15, 0.2) is 0 Å². The number of hydrogen-bond donors (Lipinski definition) is 2. The molecule has 0 bridgehead atoms. The number of urea groups is 1. The molecule has 0 aliphatic heterocycles. The number of carbonyl (C=O) groups is 2. The van der Waals surface area contributed by atoms with Gasteiger partial charge in [0.1, 0.15) is 0 Å². The molecule has 2 rings (SSSR count). The Hall–Kier alpha value is -1.75. The average Bonchev–Trinajstić information content (AvgIpc) is 3.18. The average molecular weight is 297 g/mol. The summed E-state index contributed by atoms with van der Waals surface area (Å²) >= 11 is 5.93. The molecule has 20 heavy (non-hydrogen) atoms. The maximum atomic E-state index is 11.8. The van der Waals surface area contributed by atoms with Crippen molar-refractivity contribution in [3.8, 4) is 0 Å². The van der Waals surface area contributed by atoms with Gasteiger partial charge in [0, 0.05) is 11.6 Å². The molecule has 1 aromatic carbocycles. The summed E-state index contributed by atoms with van der Waals surface area (Å²) in [7, 11) is 0. The SMILES string of the molecule is NC(=O)NCCCOC(=O)[C@@H]1C[C@H]1c1cccc(Cl)c1. The second-order valence-electron chi connectivity index (χ2n) is 4.82. The van der Waals surface area contributed by atoms with E-state index in [1.165, 1.54) is 0 Å². The van der Waals surface area contributed by atoms with Gasteiger partial charge in [-0.25, -0.2) is 4.79 Å². The number of nitrogens with two attached hydrogens (primary N) is 1. The Morgan fingerprint density at radius 3 is 2.95 bits per heavy atom. The van der Waals surface area contributed by atoms with Crippen LogP contribution in [0.15, 0.2) is 24.3 Å². The van der Waals surface area contributed by atoms with Crippen LogP contribution in [0.25, 0.3) is 0 Å². The summed E-state index contributed by atoms with van der Waals surface area (Å²) in [6.45, 7) is 0.697. The number of ether oxygens (including phenoxy) is 1. The summed E-state index contributed by atoms with van der Waals surface area (Å²) in [5.41, 5.74) is 6.00. The largest absolute Gasteiger partial charge is 0.465 e. The second-order valence-corrected chi connectivity index (χ2v) is 5.25. The molecule has 0 spiro atoms. The third kappa shape index (κ3) is 4.13. The van der Waals surface area contributed by atoms with Crippen LogP contribution in [-0.4, -0.2) is 25.2 Å². The van der Waals surface area contributed by atoms with Gasteiger partial charge in [-0.2, -0.15) is 0 Å². The van der Waals surface area contributed by atoms with E-state index < -0.39 is 6.03 Å². The quantitative estimate of drug-likeness (QED) is 0.622. The van der Waals surface area contributed by atoms with E-state index in [0.717, 1.165) is 12.0 Å². The Morgan fingerprint density at radius 1 is 1.45 bits per heavy atom. The molecule has 1 fully saturated rings. The van der Waals surface area contributed by atoms with E-state index in [9.17, 15) is 9.59 Å². The molecule has 3 N–H and O–H groups in total. The molecule has 0 heterocycles. The number of rotatable bonds is 6. The lowest BCUT2D eigenvalue weighted by Crippen LogP contribution is -2.30. The summed E-state index contributed by atoms with van der Waals surface area (Å²) in [6, 6.07) is 6.98. The predicted molar refractivity (Wildman–Crippen MR) is 75.5 cm³/mol. The van der Waals surface area contributed by atoms with Crippen molar-refractivity contribution in [1.29, 1.82) is 0 Å². The van der Waals surface area contributed by atoms with Crippen molar-refractivity contribution < 1.29 is 14.3 Å². The van der Waals surface area contributed by atoms with E-state index in [0.29, 0.717) is 18.0 Å². The second kappa shape index (κ2) is 6.61. The van der Waals surface area contributed by atoms with Gasteiger partial charge in [-0.05, 0) is 36.5 Å². The molecule has 0 unspecified atom stereocenters. The summed E-state index contributed by atoms with van der Waals surface area (Å²) in [5.74, 6) is -0.0449. The lowest BCUT2D eigenvalue weighted by Gasteiger charge is -2.05. The van der Waals surface area contributed by atoms with Crippen molar-refractivity contribution in [2.75, 3.05) is 13.2 Å². The zero-order chi connectivity index (χ0) is 14.5. The number of hydrogen-bond acceptors (Lipinski definition) is 3. The van der Waals surface area contributed by atoms with Gasteiger partial charge >= 0.3 is 12.0 Å². The molecule has 2 amide bonds. The Bertz CT molecular complexity index is 507. The Kier molecular flexibility index (Phi) is 4.84. The Labute approximate surface area is 122 Å². The highest BCUT2D eigenvalue weighted by atomic mass is 35.5. The van der Waals surface area contributed by atoms with Crippen LogP contribution in [0.2, 0.25) is 5.02 Å². The van der Waals surface area contributed by atoms with Crippen LogP contribution >= 0.6 is 11.6 Å². The molecule has 1 aromatic rings. The minimum atomic E-state index is -0.570. The number of esters is 1. The van der Waals surface area contributed by atoms with Gasteiger partial charge in [0.05, 0.1) is 12.5 Å². The minimum Gasteiger partial charge on any atom is -0.465 e. The third-order valence-corrected chi connectivity index (χ3v) is 3.47. The molecule has 1 aliphatic rings. The minimum absolute atomic E-state index is 0.0717. The number of halogens is 1.